The van der Waals surface area contributed by atoms with Crippen molar-refractivity contribution in [2.75, 3.05) is 18.5 Å². The molecule has 0 atom stereocenters. The third-order valence-electron chi connectivity index (χ3n) is 1.95. The topological polar surface area (TPSA) is 47.0 Å². The van der Waals surface area contributed by atoms with Crippen LogP contribution in [-0.2, 0) is 0 Å². The van der Waals surface area contributed by atoms with Gasteiger partial charge < -0.3 is 10.1 Å². The molecule has 0 aromatic carbocycles. The molecule has 1 N–H and O–H groups in total. The number of nitrogens with one attached hydrogen (secondary N) is 1. The molecule has 16 heavy (non-hydrogen) atoms. The SMILES string of the molecule is CCCOc1cc(C)nc(NCC(C)C)n1. The number of anilines is 1. The molecule has 1 aromatic rings. The first-order valence-corrected chi connectivity index (χ1v) is 5.84. The zero-order valence-electron chi connectivity index (χ0n) is 10.6. The Morgan fingerprint density at radius 3 is 2.75 bits per heavy atom. The Kier molecular flexibility index (Phi) is 5.02. The van der Waals surface area contributed by atoms with Gasteiger partial charge in [0.15, 0.2) is 0 Å². The number of aromatic nitrogens is 2. The number of hydrogen-bond acceptors (Lipinski definition) is 4. The van der Waals surface area contributed by atoms with Gasteiger partial charge in [0.25, 0.3) is 0 Å². The van der Waals surface area contributed by atoms with Crippen LogP contribution < -0.4 is 10.1 Å². The molecule has 0 bridgehead atoms. The summed E-state index contributed by atoms with van der Waals surface area (Å²) < 4.78 is 5.49. The molecule has 0 spiro atoms. The van der Waals surface area contributed by atoms with Crippen molar-refractivity contribution in [1.29, 1.82) is 0 Å². The number of nitrogens with zero attached hydrogens (tertiary/aromatic N) is 2. The second-order valence-corrected chi connectivity index (χ2v) is 4.29. The fourth-order valence-electron chi connectivity index (χ4n) is 1.19. The van der Waals surface area contributed by atoms with E-state index in [1.165, 1.54) is 0 Å². The van der Waals surface area contributed by atoms with E-state index in [0.717, 1.165) is 18.7 Å². The zero-order chi connectivity index (χ0) is 12.0. The third kappa shape index (κ3) is 4.47. The molecule has 0 saturated heterocycles. The van der Waals surface area contributed by atoms with Crippen molar-refractivity contribution in [3.8, 4) is 5.88 Å². The fraction of sp³-hybridized carbons (Fsp3) is 0.667. The number of aryl methyl sites for hydroxylation is 1. The summed E-state index contributed by atoms with van der Waals surface area (Å²) in [7, 11) is 0. The molecule has 0 radical (unpaired) electrons. The lowest BCUT2D eigenvalue weighted by atomic mass is 10.2. The van der Waals surface area contributed by atoms with Crippen molar-refractivity contribution in [3.05, 3.63) is 11.8 Å². The minimum absolute atomic E-state index is 0.573. The van der Waals surface area contributed by atoms with Gasteiger partial charge in [-0.15, -0.1) is 0 Å². The molecule has 0 aliphatic heterocycles. The summed E-state index contributed by atoms with van der Waals surface area (Å²) >= 11 is 0. The van der Waals surface area contributed by atoms with Gasteiger partial charge in [-0.25, -0.2) is 4.98 Å². The van der Waals surface area contributed by atoms with Gasteiger partial charge in [0, 0.05) is 18.3 Å². The van der Waals surface area contributed by atoms with Crippen LogP contribution in [0.4, 0.5) is 5.95 Å². The maximum atomic E-state index is 5.49. The van der Waals surface area contributed by atoms with Gasteiger partial charge in [-0.1, -0.05) is 20.8 Å². The van der Waals surface area contributed by atoms with Crippen LogP contribution in [0.15, 0.2) is 6.07 Å². The van der Waals surface area contributed by atoms with Crippen LogP contribution >= 0.6 is 0 Å². The summed E-state index contributed by atoms with van der Waals surface area (Å²) in [5.74, 6) is 1.88. The van der Waals surface area contributed by atoms with Gasteiger partial charge >= 0.3 is 0 Å². The van der Waals surface area contributed by atoms with Crippen molar-refractivity contribution < 1.29 is 4.74 Å². The van der Waals surface area contributed by atoms with Crippen LogP contribution in [-0.4, -0.2) is 23.1 Å². The molecule has 0 fully saturated rings. The summed E-state index contributed by atoms with van der Waals surface area (Å²) in [5.41, 5.74) is 0.923. The summed E-state index contributed by atoms with van der Waals surface area (Å²) in [6.07, 6.45) is 0.984. The Morgan fingerprint density at radius 1 is 1.38 bits per heavy atom. The van der Waals surface area contributed by atoms with Crippen molar-refractivity contribution in [1.82, 2.24) is 9.97 Å². The monoisotopic (exact) mass is 223 g/mol. The van der Waals surface area contributed by atoms with Crippen LogP contribution in [0, 0.1) is 12.8 Å². The Balaban J connectivity index is 2.65. The zero-order valence-corrected chi connectivity index (χ0v) is 10.6. The van der Waals surface area contributed by atoms with Crippen molar-refractivity contribution in [2.45, 2.75) is 34.1 Å². The van der Waals surface area contributed by atoms with Crippen LogP contribution in [0.25, 0.3) is 0 Å². The Labute approximate surface area is 97.5 Å². The first-order chi connectivity index (χ1) is 7.61. The highest BCUT2D eigenvalue weighted by molar-refractivity contribution is 5.30. The Hall–Kier alpha value is -1.32. The van der Waals surface area contributed by atoms with Gasteiger partial charge in [-0.2, -0.15) is 4.98 Å². The minimum atomic E-state index is 0.573. The van der Waals surface area contributed by atoms with E-state index in [2.05, 4.69) is 36.1 Å². The second kappa shape index (κ2) is 6.30. The maximum absolute atomic E-state index is 5.49. The lowest BCUT2D eigenvalue weighted by Gasteiger charge is -2.10. The molecule has 1 rings (SSSR count). The normalized spacial score (nSPS) is 10.6. The standard InChI is InChI=1S/C12H21N3O/c1-5-6-16-11-7-10(4)14-12(15-11)13-8-9(2)3/h7,9H,5-6,8H2,1-4H3,(H,13,14,15). The molecule has 4 heteroatoms. The van der Waals surface area contributed by atoms with E-state index < -0.39 is 0 Å². The Morgan fingerprint density at radius 2 is 2.12 bits per heavy atom. The van der Waals surface area contributed by atoms with Gasteiger partial charge in [-0.05, 0) is 19.3 Å². The van der Waals surface area contributed by atoms with E-state index in [4.69, 9.17) is 4.74 Å². The number of hydrogen-bond donors (Lipinski definition) is 1. The van der Waals surface area contributed by atoms with Crippen LogP contribution in [0.1, 0.15) is 32.9 Å². The average molecular weight is 223 g/mol. The highest BCUT2D eigenvalue weighted by atomic mass is 16.5. The molecule has 90 valence electrons. The quantitative estimate of drug-likeness (QED) is 0.805. The molecule has 0 aliphatic carbocycles. The van der Waals surface area contributed by atoms with E-state index in [-0.39, 0.29) is 0 Å². The lowest BCUT2D eigenvalue weighted by Crippen LogP contribution is -2.11. The maximum Gasteiger partial charge on any atom is 0.226 e. The van der Waals surface area contributed by atoms with Gasteiger partial charge in [0.2, 0.25) is 11.8 Å². The molecule has 4 nitrogen and oxygen atoms in total. The van der Waals surface area contributed by atoms with Crippen LogP contribution in [0.2, 0.25) is 0 Å². The van der Waals surface area contributed by atoms with Crippen molar-refractivity contribution in [3.63, 3.8) is 0 Å². The molecule has 0 saturated carbocycles. The van der Waals surface area contributed by atoms with Crippen LogP contribution in [0.3, 0.4) is 0 Å². The molecule has 0 unspecified atom stereocenters. The first-order valence-electron chi connectivity index (χ1n) is 5.84. The summed E-state index contributed by atoms with van der Waals surface area (Å²) in [6.45, 7) is 9.89. The van der Waals surface area contributed by atoms with Gasteiger partial charge in [0.1, 0.15) is 0 Å². The van der Waals surface area contributed by atoms with Crippen LogP contribution in [0.5, 0.6) is 5.88 Å². The average Bonchev–Trinajstić information content (AvgIpc) is 2.23. The summed E-state index contributed by atoms with van der Waals surface area (Å²) in [4.78, 5) is 8.61. The molecule has 1 heterocycles. The largest absolute Gasteiger partial charge is 0.478 e. The molecular weight excluding hydrogens is 202 g/mol. The predicted octanol–water partition coefficient (Wildman–Crippen LogP) is 2.64. The van der Waals surface area contributed by atoms with E-state index in [1.54, 1.807) is 0 Å². The molecular formula is C12H21N3O. The molecule has 0 amide bonds. The van der Waals surface area contributed by atoms with E-state index >= 15 is 0 Å². The summed E-state index contributed by atoms with van der Waals surface area (Å²) in [5, 5.41) is 3.20. The van der Waals surface area contributed by atoms with Gasteiger partial charge in [0.05, 0.1) is 6.61 Å². The van der Waals surface area contributed by atoms with Crippen molar-refractivity contribution >= 4 is 5.95 Å². The Bertz CT molecular complexity index is 326. The van der Waals surface area contributed by atoms with Crippen molar-refractivity contribution in [2.24, 2.45) is 5.92 Å². The highest BCUT2D eigenvalue weighted by Crippen LogP contribution is 2.12. The highest BCUT2D eigenvalue weighted by Gasteiger charge is 2.03. The molecule has 0 aliphatic rings. The van der Waals surface area contributed by atoms with E-state index in [1.807, 2.05) is 13.0 Å². The second-order valence-electron chi connectivity index (χ2n) is 4.29. The number of rotatable bonds is 6. The van der Waals surface area contributed by atoms with Gasteiger partial charge in [-0.3, -0.25) is 0 Å². The third-order valence-corrected chi connectivity index (χ3v) is 1.95. The lowest BCUT2D eigenvalue weighted by molar-refractivity contribution is 0.305. The number of ether oxygens (including phenoxy) is 1. The predicted molar refractivity (Wildman–Crippen MR) is 65.9 cm³/mol. The van der Waals surface area contributed by atoms with E-state index in [0.29, 0.717) is 24.4 Å². The van der Waals surface area contributed by atoms with E-state index in [9.17, 15) is 0 Å². The summed E-state index contributed by atoms with van der Waals surface area (Å²) in [6, 6.07) is 1.86. The minimum Gasteiger partial charge on any atom is -0.478 e. The first kappa shape index (κ1) is 12.7. The molecule has 1 aromatic heterocycles. The fourth-order valence-corrected chi connectivity index (χ4v) is 1.19. The smallest absolute Gasteiger partial charge is 0.226 e.